The van der Waals surface area contributed by atoms with Gasteiger partial charge in [0.05, 0.1) is 10.8 Å². The Labute approximate surface area is 75.6 Å². The molecule has 0 aliphatic carbocycles. The van der Waals surface area contributed by atoms with Crippen LogP contribution in [0, 0.1) is 6.92 Å². The predicted octanol–water partition coefficient (Wildman–Crippen LogP) is 2.29. The van der Waals surface area contributed by atoms with Crippen molar-refractivity contribution in [1.82, 2.24) is 0 Å². The summed E-state index contributed by atoms with van der Waals surface area (Å²) in [6, 6.07) is 7.74. The lowest BCUT2D eigenvalue weighted by molar-refractivity contribution is 0.685. The van der Waals surface area contributed by atoms with Crippen molar-refractivity contribution < 1.29 is 4.21 Å². The molecular formula is C10H12OS. The number of hydrogen-bond acceptors (Lipinski definition) is 1. The quantitative estimate of drug-likeness (QED) is 0.652. The Morgan fingerprint density at radius 1 is 1.58 bits per heavy atom. The Bertz CT molecular complexity index is 304. The number of benzene rings is 1. The fourth-order valence-corrected chi connectivity index (χ4v) is 1.91. The smallest absolute Gasteiger partial charge is 0.0567 e. The van der Waals surface area contributed by atoms with Gasteiger partial charge in [-0.3, -0.25) is 4.21 Å². The maximum atomic E-state index is 11.4. The van der Waals surface area contributed by atoms with Crippen LogP contribution in [0.3, 0.4) is 0 Å². The molecule has 0 fully saturated rings. The van der Waals surface area contributed by atoms with Crippen molar-refractivity contribution in [3.05, 3.63) is 42.5 Å². The van der Waals surface area contributed by atoms with E-state index in [1.165, 1.54) is 0 Å². The molecule has 0 saturated carbocycles. The molecule has 12 heavy (non-hydrogen) atoms. The molecule has 1 aromatic carbocycles. The molecule has 1 aromatic rings. The van der Waals surface area contributed by atoms with Gasteiger partial charge in [0.1, 0.15) is 0 Å². The van der Waals surface area contributed by atoms with Crippen molar-refractivity contribution >= 4 is 10.8 Å². The van der Waals surface area contributed by atoms with E-state index in [1.54, 1.807) is 6.08 Å². The second-order valence-corrected chi connectivity index (χ2v) is 4.11. The van der Waals surface area contributed by atoms with Crippen LogP contribution in [-0.2, 0) is 10.8 Å². The zero-order valence-electron chi connectivity index (χ0n) is 7.12. The van der Waals surface area contributed by atoms with Gasteiger partial charge in [-0.25, -0.2) is 0 Å². The monoisotopic (exact) mass is 180 g/mol. The van der Waals surface area contributed by atoms with Crippen molar-refractivity contribution in [3.8, 4) is 0 Å². The molecule has 0 bridgehead atoms. The van der Waals surface area contributed by atoms with Gasteiger partial charge in [0.25, 0.3) is 0 Å². The van der Waals surface area contributed by atoms with Gasteiger partial charge < -0.3 is 0 Å². The first-order chi connectivity index (χ1) is 5.74. The van der Waals surface area contributed by atoms with Crippen LogP contribution in [0.2, 0.25) is 0 Å². The standard InChI is InChI=1S/C10H12OS/c1-3-7-12(11)10-6-4-5-9(2)8-10/h3-6,8H,1,7H2,2H3. The van der Waals surface area contributed by atoms with E-state index in [2.05, 4.69) is 6.58 Å². The molecule has 0 amide bonds. The second kappa shape index (κ2) is 4.21. The molecule has 0 aliphatic rings. The Kier molecular flexibility index (Phi) is 3.23. The summed E-state index contributed by atoms with van der Waals surface area (Å²) in [5.41, 5.74) is 1.14. The third-order valence-corrected chi connectivity index (χ3v) is 2.84. The Morgan fingerprint density at radius 3 is 2.92 bits per heavy atom. The second-order valence-electron chi connectivity index (χ2n) is 2.62. The number of aryl methyl sites for hydroxylation is 1. The van der Waals surface area contributed by atoms with Gasteiger partial charge in [-0.2, -0.15) is 0 Å². The first kappa shape index (κ1) is 9.20. The summed E-state index contributed by atoms with van der Waals surface area (Å²) < 4.78 is 11.4. The molecule has 0 N–H and O–H groups in total. The van der Waals surface area contributed by atoms with E-state index < -0.39 is 10.8 Å². The van der Waals surface area contributed by atoms with Crippen LogP contribution in [0.4, 0.5) is 0 Å². The minimum Gasteiger partial charge on any atom is -0.254 e. The van der Waals surface area contributed by atoms with E-state index in [4.69, 9.17) is 0 Å². The van der Waals surface area contributed by atoms with Crippen LogP contribution < -0.4 is 0 Å². The minimum absolute atomic E-state index is 0.531. The van der Waals surface area contributed by atoms with Crippen LogP contribution >= 0.6 is 0 Å². The maximum absolute atomic E-state index is 11.4. The minimum atomic E-state index is -0.912. The molecule has 0 aliphatic heterocycles. The largest absolute Gasteiger partial charge is 0.254 e. The lowest BCUT2D eigenvalue weighted by atomic mass is 10.2. The van der Waals surface area contributed by atoms with Crippen molar-refractivity contribution in [3.63, 3.8) is 0 Å². The van der Waals surface area contributed by atoms with E-state index in [0.29, 0.717) is 5.75 Å². The Balaban J connectivity index is 2.87. The van der Waals surface area contributed by atoms with Crippen LogP contribution in [0.25, 0.3) is 0 Å². The highest BCUT2D eigenvalue weighted by Crippen LogP contribution is 2.08. The van der Waals surface area contributed by atoms with E-state index in [9.17, 15) is 4.21 Å². The van der Waals surface area contributed by atoms with Crippen LogP contribution in [-0.4, -0.2) is 9.96 Å². The molecule has 0 aromatic heterocycles. The lowest BCUT2D eigenvalue weighted by Gasteiger charge is -1.99. The Morgan fingerprint density at radius 2 is 2.33 bits per heavy atom. The van der Waals surface area contributed by atoms with E-state index in [0.717, 1.165) is 10.5 Å². The summed E-state index contributed by atoms with van der Waals surface area (Å²) in [5.74, 6) is 0.531. The van der Waals surface area contributed by atoms with E-state index >= 15 is 0 Å². The van der Waals surface area contributed by atoms with Crippen LogP contribution in [0.5, 0.6) is 0 Å². The molecule has 1 atom stereocenters. The number of hydrogen-bond donors (Lipinski definition) is 0. The SMILES string of the molecule is C=CCS(=O)c1cccc(C)c1. The molecule has 1 rings (SSSR count). The average molecular weight is 180 g/mol. The van der Waals surface area contributed by atoms with Gasteiger partial charge in [-0.05, 0) is 24.6 Å². The third kappa shape index (κ3) is 2.31. The normalized spacial score (nSPS) is 12.4. The molecule has 2 heteroatoms. The van der Waals surface area contributed by atoms with Gasteiger partial charge >= 0.3 is 0 Å². The van der Waals surface area contributed by atoms with Crippen molar-refractivity contribution in [2.24, 2.45) is 0 Å². The van der Waals surface area contributed by atoms with Gasteiger partial charge in [0.2, 0.25) is 0 Å². The summed E-state index contributed by atoms with van der Waals surface area (Å²) in [4.78, 5) is 0.884. The van der Waals surface area contributed by atoms with Gasteiger partial charge in [0.15, 0.2) is 0 Å². The van der Waals surface area contributed by atoms with Gasteiger partial charge in [-0.15, -0.1) is 6.58 Å². The van der Waals surface area contributed by atoms with E-state index in [-0.39, 0.29) is 0 Å². The lowest BCUT2D eigenvalue weighted by Crippen LogP contribution is -1.94. The Hall–Kier alpha value is -0.890. The highest BCUT2D eigenvalue weighted by Gasteiger charge is 1.99. The fourth-order valence-electron chi connectivity index (χ4n) is 0.960. The molecule has 0 radical (unpaired) electrons. The highest BCUT2D eigenvalue weighted by molar-refractivity contribution is 7.85. The maximum Gasteiger partial charge on any atom is 0.0567 e. The summed E-state index contributed by atoms with van der Waals surface area (Å²) in [7, 11) is -0.912. The topological polar surface area (TPSA) is 17.1 Å². The van der Waals surface area contributed by atoms with Crippen molar-refractivity contribution in [1.29, 1.82) is 0 Å². The first-order valence-corrected chi connectivity index (χ1v) is 5.12. The summed E-state index contributed by atoms with van der Waals surface area (Å²) >= 11 is 0. The summed E-state index contributed by atoms with van der Waals surface area (Å²) in [6.45, 7) is 5.55. The first-order valence-electron chi connectivity index (χ1n) is 3.80. The molecule has 1 nitrogen and oxygen atoms in total. The molecule has 0 heterocycles. The predicted molar refractivity (Wildman–Crippen MR) is 52.7 cm³/mol. The summed E-state index contributed by atoms with van der Waals surface area (Å²) in [6.07, 6.45) is 1.68. The fraction of sp³-hybridized carbons (Fsp3) is 0.200. The molecule has 0 spiro atoms. The van der Waals surface area contributed by atoms with Crippen molar-refractivity contribution in [2.45, 2.75) is 11.8 Å². The van der Waals surface area contributed by atoms with Gasteiger partial charge in [-0.1, -0.05) is 18.2 Å². The zero-order chi connectivity index (χ0) is 8.97. The molecular weight excluding hydrogens is 168 g/mol. The molecule has 1 unspecified atom stereocenters. The third-order valence-electron chi connectivity index (χ3n) is 1.52. The van der Waals surface area contributed by atoms with Gasteiger partial charge in [0, 0.05) is 10.6 Å². The zero-order valence-corrected chi connectivity index (χ0v) is 7.93. The number of rotatable bonds is 3. The molecule has 0 saturated heterocycles. The van der Waals surface area contributed by atoms with E-state index in [1.807, 2.05) is 31.2 Å². The molecule has 64 valence electrons. The summed E-state index contributed by atoms with van der Waals surface area (Å²) in [5, 5.41) is 0. The van der Waals surface area contributed by atoms with Crippen molar-refractivity contribution in [2.75, 3.05) is 5.75 Å². The highest BCUT2D eigenvalue weighted by atomic mass is 32.2. The van der Waals surface area contributed by atoms with Crippen LogP contribution in [0.1, 0.15) is 5.56 Å². The van der Waals surface area contributed by atoms with Crippen LogP contribution in [0.15, 0.2) is 41.8 Å². The average Bonchev–Trinajstić information content (AvgIpc) is 2.05.